The summed E-state index contributed by atoms with van der Waals surface area (Å²) in [6.45, 7) is 4.23. The Labute approximate surface area is 181 Å². The first-order valence-electron chi connectivity index (χ1n) is 9.68. The molecule has 2 aromatic heterocycles. The van der Waals surface area contributed by atoms with Crippen LogP contribution in [-0.4, -0.2) is 54.7 Å². The van der Waals surface area contributed by atoms with E-state index in [1.807, 2.05) is 43.3 Å². The molecule has 0 bridgehead atoms. The maximum Gasteiger partial charge on any atom is 0.253 e. The summed E-state index contributed by atoms with van der Waals surface area (Å²) in [5, 5.41) is 0. The van der Waals surface area contributed by atoms with Gasteiger partial charge in [-0.2, -0.15) is 4.31 Å². The van der Waals surface area contributed by atoms with Crippen molar-refractivity contribution in [3.8, 4) is 10.6 Å². The van der Waals surface area contributed by atoms with Gasteiger partial charge in [-0.3, -0.25) is 9.78 Å². The standard InChI is InChI=1S/C22H25N3O3S2/c1-4-25(17(2)16-24(3)22(26)18-10-6-5-7-11-18)30(27,28)21-14-13-20(29-21)19-12-8-9-15-23-19/h5-15,17H,4,16H2,1-3H3/t17-/m1/s1. The second kappa shape index (κ2) is 9.51. The second-order valence-corrected chi connectivity index (χ2v) is 10.1. The summed E-state index contributed by atoms with van der Waals surface area (Å²) in [6, 6.07) is 17.5. The van der Waals surface area contributed by atoms with E-state index >= 15 is 0 Å². The van der Waals surface area contributed by atoms with Gasteiger partial charge in [0, 0.05) is 37.9 Å². The quantitative estimate of drug-likeness (QED) is 0.528. The fraction of sp³-hybridized carbons (Fsp3) is 0.273. The summed E-state index contributed by atoms with van der Waals surface area (Å²) in [6.07, 6.45) is 1.68. The third-order valence-electron chi connectivity index (χ3n) is 4.77. The lowest BCUT2D eigenvalue weighted by molar-refractivity contribution is 0.0769. The van der Waals surface area contributed by atoms with E-state index in [4.69, 9.17) is 0 Å². The molecule has 1 atom stereocenters. The Morgan fingerprint density at radius 2 is 1.77 bits per heavy atom. The van der Waals surface area contributed by atoms with Gasteiger partial charge in [0.15, 0.2) is 0 Å². The summed E-state index contributed by atoms with van der Waals surface area (Å²) in [7, 11) is -2.00. The molecular weight excluding hydrogens is 418 g/mol. The number of nitrogens with zero attached hydrogens (tertiary/aromatic N) is 3. The number of amides is 1. The topological polar surface area (TPSA) is 70.6 Å². The van der Waals surface area contributed by atoms with Gasteiger partial charge in [-0.05, 0) is 43.3 Å². The van der Waals surface area contributed by atoms with E-state index in [0.717, 1.165) is 10.6 Å². The fourth-order valence-corrected chi connectivity index (χ4v) is 6.35. The molecule has 0 saturated carbocycles. The number of aromatic nitrogens is 1. The van der Waals surface area contributed by atoms with E-state index in [1.54, 1.807) is 49.3 Å². The SMILES string of the molecule is CCN([C@H](C)CN(C)C(=O)c1ccccc1)S(=O)(=O)c1ccc(-c2ccccn2)s1. The molecule has 6 nitrogen and oxygen atoms in total. The Balaban J connectivity index is 1.77. The van der Waals surface area contributed by atoms with Crippen molar-refractivity contribution in [3.05, 3.63) is 72.4 Å². The van der Waals surface area contributed by atoms with E-state index < -0.39 is 10.0 Å². The van der Waals surface area contributed by atoms with Crippen molar-refractivity contribution in [3.63, 3.8) is 0 Å². The van der Waals surface area contributed by atoms with Crippen LogP contribution in [0.4, 0.5) is 0 Å². The Kier molecular flexibility index (Phi) is 7.02. The smallest absolute Gasteiger partial charge is 0.253 e. The first-order valence-corrected chi connectivity index (χ1v) is 11.9. The normalized spacial score (nSPS) is 12.7. The average Bonchev–Trinajstić information content (AvgIpc) is 3.26. The molecule has 158 valence electrons. The average molecular weight is 444 g/mol. The molecule has 0 aliphatic carbocycles. The van der Waals surface area contributed by atoms with Gasteiger partial charge in [0.1, 0.15) is 4.21 Å². The largest absolute Gasteiger partial charge is 0.340 e. The molecule has 0 unspecified atom stereocenters. The fourth-order valence-electron chi connectivity index (χ4n) is 3.31. The van der Waals surface area contributed by atoms with Crippen LogP contribution in [0.5, 0.6) is 0 Å². The lowest BCUT2D eigenvalue weighted by Crippen LogP contribution is -2.45. The van der Waals surface area contributed by atoms with Gasteiger partial charge >= 0.3 is 0 Å². The summed E-state index contributed by atoms with van der Waals surface area (Å²) >= 11 is 1.20. The number of sulfonamides is 1. The minimum absolute atomic E-state index is 0.135. The van der Waals surface area contributed by atoms with Crippen molar-refractivity contribution in [2.75, 3.05) is 20.1 Å². The highest BCUT2D eigenvalue weighted by atomic mass is 32.2. The minimum Gasteiger partial charge on any atom is -0.340 e. The molecule has 0 radical (unpaired) electrons. The number of benzene rings is 1. The Hall–Kier alpha value is -2.55. The zero-order chi connectivity index (χ0) is 21.7. The van der Waals surface area contributed by atoms with Crippen molar-refractivity contribution >= 4 is 27.3 Å². The van der Waals surface area contributed by atoms with Crippen molar-refractivity contribution in [1.82, 2.24) is 14.2 Å². The van der Waals surface area contributed by atoms with Crippen molar-refractivity contribution < 1.29 is 13.2 Å². The maximum atomic E-state index is 13.3. The predicted molar refractivity (Wildman–Crippen MR) is 120 cm³/mol. The van der Waals surface area contributed by atoms with Crippen molar-refractivity contribution in [2.45, 2.75) is 24.1 Å². The molecule has 2 heterocycles. The number of rotatable bonds is 8. The van der Waals surface area contributed by atoms with Gasteiger partial charge in [0.25, 0.3) is 15.9 Å². The number of carbonyl (C=O) groups is 1. The maximum absolute atomic E-state index is 13.3. The molecule has 0 aliphatic heterocycles. The Morgan fingerprint density at radius 1 is 1.07 bits per heavy atom. The van der Waals surface area contributed by atoms with E-state index in [2.05, 4.69) is 4.98 Å². The minimum atomic E-state index is -3.69. The van der Waals surface area contributed by atoms with Crippen LogP contribution in [0.15, 0.2) is 71.1 Å². The first kappa shape index (κ1) is 22.1. The Morgan fingerprint density at radius 3 is 2.40 bits per heavy atom. The molecule has 0 N–H and O–H groups in total. The van der Waals surface area contributed by atoms with Gasteiger partial charge in [-0.25, -0.2) is 8.42 Å². The summed E-state index contributed by atoms with van der Waals surface area (Å²) in [4.78, 5) is 19.3. The van der Waals surface area contributed by atoms with Crippen LogP contribution in [0.25, 0.3) is 10.6 Å². The number of hydrogen-bond acceptors (Lipinski definition) is 5. The van der Waals surface area contributed by atoms with E-state index in [1.165, 1.54) is 15.6 Å². The van der Waals surface area contributed by atoms with Crippen molar-refractivity contribution in [1.29, 1.82) is 0 Å². The van der Waals surface area contributed by atoms with Crippen LogP contribution >= 0.6 is 11.3 Å². The molecule has 1 amide bonds. The Bertz CT molecular complexity index is 1080. The first-order chi connectivity index (χ1) is 14.3. The third-order valence-corrected chi connectivity index (χ3v) is 8.43. The van der Waals surface area contributed by atoms with Gasteiger partial charge < -0.3 is 4.90 Å². The highest BCUT2D eigenvalue weighted by Crippen LogP contribution is 2.31. The third kappa shape index (κ3) is 4.77. The van der Waals surface area contributed by atoms with Gasteiger partial charge in [0.05, 0.1) is 10.6 Å². The summed E-state index contributed by atoms with van der Waals surface area (Å²) < 4.78 is 28.3. The van der Waals surface area contributed by atoms with Crippen molar-refractivity contribution in [2.24, 2.45) is 0 Å². The summed E-state index contributed by atoms with van der Waals surface area (Å²) in [5.41, 5.74) is 1.32. The van der Waals surface area contributed by atoms with Crippen LogP contribution in [0.1, 0.15) is 24.2 Å². The molecule has 0 saturated heterocycles. The molecular formula is C22H25N3O3S2. The predicted octanol–water partition coefficient (Wildman–Crippen LogP) is 3.98. The molecule has 0 fully saturated rings. The molecule has 0 spiro atoms. The number of carbonyl (C=O) groups excluding carboxylic acids is 1. The van der Waals surface area contributed by atoms with Crippen LogP contribution in [0.2, 0.25) is 0 Å². The highest BCUT2D eigenvalue weighted by Gasteiger charge is 2.30. The molecule has 3 aromatic rings. The van der Waals surface area contributed by atoms with Crippen LogP contribution in [0.3, 0.4) is 0 Å². The second-order valence-electron chi connectivity index (χ2n) is 6.94. The lowest BCUT2D eigenvalue weighted by atomic mass is 10.2. The summed E-state index contributed by atoms with van der Waals surface area (Å²) in [5.74, 6) is -0.135. The number of likely N-dealkylation sites (N-methyl/N-ethyl adjacent to an activating group) is 2. The number of pyridine rings is 1. The van der Waals surface area contributed by atoms with Gasteiger partial charge in [-0.15, -0.1) is 11.3 Å². The van der Waals surface area contributed by atoms with E-state index in [9.17, 15) is 13.2 Å². The molecule has 1 aromatic carbocycles. The van der Waals surface area contributed by atoms with Gasteiger partial charge in [-0.1, -0.05) is 31.2 Å². The van der Waals surface area contributed by atoms with E-state index in [-0.39, 0.29) is 16.2 Å². The molecule has 0 aliphatic rings. The van der Waals surface area contributed by atoms with Crippen LogP contribution in [0, 0.1) is 0 Å². The molecule has 30 heavy (non-hydrogen) atoms. The molecule has 8 heteroatoms. The number of thiophene rings is 1. The zero-order valence-electron chi connectivity index (χ0n) is 17.2. The zero-order valence-corrected chi connectivity index (χ0v) is 18.9. The number of hydrogen-bond donors (Lipinski definition) is 0. The molecule has 3 rings (SSSR count). The van der Waals surface area contributed by atoms with E-state index in [0.29, 0.717) is 18.7 Å². The lowest BCUT2D eigenvalue weighted by Gasteiger charge is -2.30. The monoisotopic (exact) mass is 443 g/mol. The highest BCUT2D eigenvalue weighted by molar-refractivity contribution is 7.91. The van der Waals surface area contributed by atoms with Gasteiger partial charge in [0.2, 0.25) is 0 Å². The van der Waals surface area contributed by atoms with Crippen LogP contribution in [-0.2, 0) is 10.0 Å². The van der Waals surface area contributed by atoms with Crippen LogP contribution < -0.4 is 0 Å².